The number of carbonyl (C=O) groups is 2. The van der Waals surface area contributed by atoms with Gasteiger partial charge >= 0.3 is 0 Å². The topological polar surface area (TPSA) is 92.4 Å². The highest BCUT2D eigenvalue weighted by atomic mass is 16.5. The molecule has 0 aliphatic rings. The predicted molar refractivity (Wildman–Crippen MR) is 130 cm³/mol. The summed E-state index contributed by atoms with van der Waals surface area (Å²) in [7, 11) is 3.34. The van der Waals surface area contributed by atoms with E-state index in [1.807, 2.05) is 43.3 Å². The lowest BCUT2D eigenvalue weighted by atomic mass is 10.0. The minimum Gasteiger partial charge on any atom is -0.496 e. The molecule has 0 spiro atoms. The van der Waals surface area contributed by atoms with Crippen molar-refractivity contribution in [2.75, 3.05) is 20.8 Å². The smallest absolute Gasteiger partial charge is 0.268 e. The molecule has 1 aromatic heterocycles. The van der Waals surface area contributed by atoms with E-state index in [9.17, 15) is 9.59 Å². The van der Waals surface area contributed by atoms with Crippen LogP contribution in [0.25, 0.3) is 10.9 Å². The molecule has 0 saturated carbocycles. The molecular formula is C26H33N3O4. The number of ether oxygens (including phenoxy) is 2. The summed E-state index contributed by atoms with van der Waals surface area (Å²) in [5.41, 5.74) is 3.50. The number of unbranched alkanes of at least 4 members (excludes halogenated alkanes) is 2. The molecule has 33 heavy (non-hydrogen) atoms. The lowest BCUT2D eigenvalue weighted by Crippen LogP contribution is -2.45. The lowest BCUT2D eigenvalue weighted by Gasteiger charge is -2.15. The molecule has 7 nitrogen and oxygen atoms in total. The fourth-order valence-corrected chi connectivity index (χ4v) is 3.87. The summed E-state index contributed by atoms with van der Waals surface area (Å²) in [6.45, 7) is 4.26. The number of amides is 2. The standard InChI is InChI=1S/C26H33N3O4/c1-17-14-23(32-3)20(24(15-17)33-4)11-6-5-9-13-27-25(30)18(2)28-26(31)22-16-19-10-7-8-12-21(19)29-22/h7-8,10,12,14-16,18,29H,5-6,9,11,13H2,1-4H3,(H,27,30)(H,28,31)/t18-/m1/s1. The molecule has 7 heteroatoms. The molecular weight excluding hydrogens is 418 g/mol. The van der Waals surface area contributed by atoms with Crippen molar-refractivity contribution in [3.63, 3.8) is 0 Å². The molecule has 1 atom stereocenters. The molecule has 0 unspecified atom stereocenters. The lowest BCUT2D eigenvalue weighted by molar-refractivity contribution is -0.122. The van der Waals surface area contributed by atoms with Gasteiger partial charge in [-0.05, 0) is 62.9 Å². The Morgan fingerprint density at radius 1 is 1.00 bits per heavy atom. The number of nitrogens with one attached hydrogen (secondary N) is 3. The summed E-state index contributed by atoms with van der Waals surface area (Å²) in [5, 5.41) is 6.61. The summed E-state index contributed by atoms with van der Waals surface area (Å²) in [6.07, 6.45) is 3.61. The van der Waals surface area contributed by atoms with E-state index in [4.69, 9.17) is 9.47 Å². The zero-order valence-corrected chi connectivity index (χ0v) is 19.8. The van der Waals surface area contributed by atoms with Gasteiger partial charge in [-0.3, -0.25) is 9.59 Å². The fraction of sp³-hybridized carbons (Fsp3) is 0.385. The van der Waals surface area contributed by atoms with Crippen LogP contribution in [0.1, 0.15) is 47.8 Å². The fourth-order valence-electron chi connectivity index (χ4n) is 3.87. The number of hydrogen-bond donors (Lipinski definition) is 3. The van der Waals surface area contributed by atoms with E-state index in [-0.39, 0.29) is 11.8 Å². The minimum atomic E-state index is -0.620. The molecule has 3 N–H and O–H groups in total. The zero-order valence-electron chi connectivity index (χ0n) is 19.8. The second-order valence-electron chi connectivity index (χ2n) is 8.22. The molecule has 0 saturated heterocycles. The summed E-state index contributed by atoms with van der Waals surface area (Å²) in [6, 6.07) is 12.9. The van der Waals surface area contributed by atoms with Crippen LogP contribution in [-0.2, 0) is 11.2 Å². The van der Waals surface area contributed by atoms with Crippen molar-refractivity contribution in [1.82, 2.24) is 15.6 Å². The third-order valence-corrected chi connectivity index (χ3v) is 5.67. The SMILES string of the molecule is COc1cc(C)cc(OC)c1CCCCCNC(=O)[C@@H](C)NC(=O)c1cc2ccccc2[nH]1. The Balaban J connectivity index is 1.39. The van der Waals surface area contributed by atoms with Gasteiger partial charge in [0.05, 0.1) is 14.2 Å². The Kier molecular flexibility index (Phi) is 8.35. The highest BCUT2D eigenvalue weighted by molar-refractivity contribution is 6.00. The normalized spacial score (nSPS) is 11.8. The molecule has 3 aromatic rings. The van der Waals surface area contributed by atoms with Crippen molar-refractivity contribution in [3.05, 3.63) is 59.3 Å². The molecule has 0 radical (unpaired) electrons. The zero-order chi connectivity index (χ0) is 23.8. The number of fused-ring (bicyclic) bond motifs is 1. The van der Waals surface area contributed by atoms with Gasteiger partial charge in [0.2, 0.25) is 5.91 Å². The van der Waals surface area contributed by atoms with Crippen molar-refractivity contribution in [2.45, 2.75) is 45.6 Å². The van der Waals surface area contributed by atoms with Gasteiger partial charge in [-0.25, -0.2) is 0 Å². The van der Waals surface area contributed by atoms with Gasteiger partial charge < -0.3 is 25.1 Å². The van der Waals surface area contributed by atoms with Gasteiger partial charge in [0.25, 0.3) is 5.91 Å². The Bertz CT molecular complexity index is 1050. The van der Waals surface area contributed by atoms with Crippen LogP contribution >= 0.6 is 0 Å². The Morgan fingerprint density at radius 3 is 2.36 bits per heavy atom. The van der Waals surface area contributed by atoms with Crippen molar-refractivity contribution in [2.24, 2.45) is 0 Å². The van der Waals surface area contributed by atoms with Gasteiger partial charge in [-0.1, -0.05) is 24.6 Å². The average molecular weight is 452 g/mol. The molecule has 2 amide bonds. The molecule has 176 valence electrons. The maximum atomic E-state index is 12.5. The first-order valence-corrected chi connectivity index (χ1v) is 11.3. The van der Waals surface area contributed by atoms with Gasteiger partial charge in [0.15, 0.2) is 0 Å². The van der Waals surface area contributed by atoms with Crippen molar-refractivity contribution in [1.29, 1.82) is 0 Å². The number of rotatable bonds is 11. The highest BCUT2D eigenvalue weighted by Crippen LogP contribution is 2.31. The van der Waals surface area contributed by atoms with Crippen LogP contribution in [0.2, 0.25) is 0 Å². The first-order valence-electron chi connectivity index (χ1n) is 11.3. The van der Waals surface area contributed by atoms with E-state index in [2.05, 4.69) is 15.6 Å². The summed E-state index contributed by atoms with van der Waals surface area (Å²) < 4.78 is 11.0. The predicted octanol–water partition coefficient (Wildman–Crippen LogP) is 4.14. The number of benzene rings is 2. The van der Waals surface area contributed by atoms with Crippen LogP contribution in [0.3, 0.4) is 0 Å². The number of hydrogen-bond acceptors (Lipinski definition) is 4. The number of aryl methyl sites for hydroxylation is 1. The summed E-state index contributed by atoms with van der Waals surface area (Å²) in [5.74, 6) is 1.20. The molecule has 1 heterocycles. The van der Waals surface area contributed by atoms with E-state index < -0.39 is 6.04 Å². The number of aromatic nitrogens is 1. The number of H-pyrrole nitrogens is 1. The van der Waals surface area contributed by atoms with Crippen LogP contribution in [-0.4, -0.2) is 43.6 Å². The Morgan fingerprint density at radius 2 is 1.70 bits per heavy atom. The van der Waals surface area contributed by atoms with E-state index in [0.717, 1.165) is 59.2 Å². The van der Waals surface area contributed by atoms with Crippen molar-refractivity contribution >= 4 is 22.7 Å². The third kappa shape index (κ3) is 6.28. The minimum absolute atomic E-state index is 0.193. The molecule has 0 aliphatic carbocycles. The molecule has 3 rings (SSSR count). The maximum Gasteiger partial charge on any atom is 0.268 e. The Labute approximate surface area is 194 Å². The number of methoxy groups -OCH3 is 2. The quantitative estimate of drug-likeness (QED) is 0.382. The van der Waals surface area contributed by atoms with Crippen LogP contribution in [0, 0.1) is 6.92 Å². The second-order valence-corrected chi connectivity index (χ2v) is 8.22. The highest BCUT2D eigenvalue weighted by Gasteiger charge is 2.17. The van der Waals surface area contributed by atoms with Crippen LogP contribution in [0.4, 0.5) is 0 Å². The summed E-state index contributed by atoms with van der Waals surface area (Å²) in [4.78, 5) is 27.9. The maximum absolute atomic E-state index is 12.5. The number of aromatic amines is 1. The number of carbonyl (C=O) groups excluding carboxylic acids is 2. The first-order chi connectivity index (χ1) is 15.9. The monoisotopic (exact) mass is 451 g/mol. The van der Waals surface area contributed by atoms with Gasteiger partial charge in [0, 0.05) is 23.0 Å². The van der Waals surface area contributed by atoms with E-state index in [1.165, 1.54) is 0 Å². The number of para-hydroxylation sites is 1. The van der Waals surface area contributed by atoms with Crippen LogP contribution < -0.4 is 20.1 Å². The largest absolute Gasteiger partial charge is 0.496 e. The summed E-state index contributed by atoms with van der Waals surface area (Å²) >= 11 is 0. The second kappa shape index (κ2) is 11.4. The molecule has 2 aromatic carbocycles. The van der Waals surface area contributed by atoms with E-state index >= 15 is 0 Å². The third-order valence-electron chi connectivity index (χ3n) is 5.67. The van der Waals surface area contributed by atoms with Crippen molar-refractivity contribution in [3.8, 4) is 11.5 Å². The van der Waals surface area contributed by atoms with E-state index in [1.54, 1.807) is 27.2 Å². The van der Waals surface area contributed by atoms with Crippen molar-refractivity contribution < 1.29 is 19.1 Å². The first kappa shape index (κ1) is 24.2. The van der Waals surface area contributed by atoms with E-state index in [0.29, 0.717) is 12.2 Å². The molecule has 0 fully saturated rings. The van der Waals surface area contributed by atoms with Gasteiger partial charge in [0.1, 0.15) is 23.2 Å². The average Bonchev–Trinajstić information content (AvgIpc) is 3.25. The van der Waals surface area contributed by atoms with Gasteiger partial charge in [-0.2, -0.15) is 0 Å². The van der Waals surface area contributed by atoms with Crippen LogP contribution in [0.5, 0.6) is 11.5 Å². The molecule has 0 aliphatic heterocycles. The van der Waals surface area contributed by atoms with Crippen LogP contribution in [0.15, 0.2) is 42.5 Å². The molecule has 0 bridgehead atoms. The Hall–Kier alpha value is -3.48. The van der Waals surface area contributed by atoms with Gasteiger partial charge in [-0.15, -0.1) is 0 Å².